The molecule has 2 rings (SSSR count). The highest BCUT2D eigenvalue weighted by molar-refractivity contribution is 5.83. The van der Waals surface area contributed by atoms with Crippen molar-refractivity contribution in [2.45, 2.75) is 38.5 Å². The molecule has 4 nitrogen and oxygen atoms in total. The van der Waals surface area contributed by atoms with Gasteiger partial charge in [0.2, 0.25) is 5.91 Å². The summed E-state index contributed by atoms with van der Waals surface area (Å²) < 4.78 is 5.08. The van der Waals surface area contributed by atoms with Crippen LogP contribution in [0.1, 0.15) is 38.5 Å². The lowest BCUT2D eigenvalue weighted by Gasteiger charge is -2.40. The van der Waals surface area contributed by atoms with Gasteiger partial charge in [0.25, 0.3) is 0 Å². The van der Waals surface area contributed by atoms with Crippen molar-refractivity contribution in [3.05, 3.63) is 0 Å². The summed E-state index contributed by atoms with van der Waals surface area (Å²) in [5.74, 6) is 0.167. The normalized spacial score (nSPS) is 23.9. The van der Waals surface area contributed by atoms with Crippen molar-refractivity contribution in [1.82, 2.24) is 5.32 Å². The van der Waals surface area contributed by atoms with Crippen LogP contribution >= 0.6 is 0 Å². The van der Waals surface area contributed by atoms with Gasteiger partial charge in [-0.1, -0.05) is 6.42 Å². The minimum atomic E-state index is -0.179. The Morgan fingerprint density at radius 3 is 2.47 bits per heavy atom. The number of carbonyl (C=O) groups excluding carboxylic acids is 1. The van der Waals surface area contributed by atoms with Crippen molar-refractivity contribution in [2.75, 3.05) is 26.9 Å². The van der Waals surface area contributed by atoms with Crippen molar-refractivity contribution in [1.29, 1.82) is 0 Å². The maximum Gasteiger partial charge on any atom is 0.226 e. The van der Waals surface area contributed by atoms with E-state index in [0.29, 0.717) is 13.2 Å². The van der Waals surface area contributed by atoms with E-state index < -0.39 is 0 Å². The number of rotatable bonds is 7. The van der Waals surface area contributed by atoms with Crippen LogP contribution in [0.2, 0.25) is 0 Å². The average Bonchev–Trinajstić information content (AvgIpc) is 3.06. The highest BCUT2D eigenvalue weighted by Crippen LogP contribution is 2.46. The van der Waals surface area contributed by atoms with E-state index in [1.807, 2.05) is 0 Å². The van der Waals surface area contributed by atoms with Crippen molar-refractivity contribution in [2.24, 2.45) is 10.8 Å². The molecule has 0 saturated heterocycles. The van der Waals surface area contributed by atoms with E-state index >= 15 is 0 Å². The molecule has 0 unspecified atom stereocenters. The molecule has 2 aliphatic carbocycles. The summed E-state index contributed by atoms with van der Waals surface area (Å²) in [6, 6.07) is 0. The summed E-state index contributed by atoms with van der Waals surface area (Å²) >= 11 is 0. The van der Waals surface area contributed by atoms with Crippen LogP contribution in [0.25, 0.3) is 0 Å². The summed E-state index contributed by atoms with van der Waals surface area (Å²) in [5.41, 5.74) is -0.177. The molecule has 17 heavy (non-hydrogen) atoms. The molecule has 4 heteroatoms. The van der Waals surface area contributed by atoms with Crippen molar-refractivity contribution >= 4 is 5.91 Å². The van der Waals surface area contributed by atoms with Crippen LogP contribution in [0.3, 0.4) is 0 Å². The Kier molecular flexibility index (Phi) is 3.73. The summed E-state index contributed by atoms with van der Waals surface area (Å²) in [7, 11) is 1.68. The molecule has 0 aromatic heterocycles. The van der Waals surface area contributed by atoms with Crippen molar-refractivity contribution < 1.29 is 14.6 Å². The Balaban J connectivity index is 1.81. The van der Waals surface area contributed by atoms with Crippen LogP contribution in [0.4, 0.5) is 0 Å². The standard InChI is InChI=1S/C13H23NO3/c1-17-8-7-13(3-2-4-13)11(16)14-9-12(10-15)5-6-12/h15H,2-10H2,1H3,(H,14,16). The summed E-state index contributed by atoms with van der Waals surface area (Å²) in [4.78, 5) is 12.2. The molecule has 0 bridgehead atoms. The van der Waals surface area contributed by atoms with Crippen LogP contribution in [0.15, 0.2) is 0 Å². The molecule has 98 valence electrons. The molecule has 2 saturated carbocycles. The number of hydrogen-bond donors (Lipinski definition) is 2. The Morgan fingerprint density at radius 1 is 1.35 bits per heavy atom. The number of methoxy groups -OCH3 is 1. The number of nitrogens with one attached hydrogen (secondary N) is 1. The van der Waals surface area contributed by atoms with Gasteiger partial charge in [0, 0.05) is 25.7 Å². The smallest absolute Gasteiger partial charge is 0.226 e. The van der Waals surface area contributed by atoms with Gasteiger partial charge in [-0.15, -0.1) is 0 Å². The van der Waals surface area contributed by atoms with E-state index in [0.717, 1.165) is 38.5 Å². The quantitative estimate of drug-likeness (QED) is 0.701. The topological polar surface area (TPSA) is 58.6 Å². The van der Waals surface area contributed by atoms with Crippen molar-refractivity contribution in [3.63, 3.8) is 0 Å². The monoisotopic (exact) mass is 241 g/mol. The number of aliphatic hydroxyl groups excluding tert-OH is 1. The maximum absolute atomic E-state index is 12.2. The number of ether oxygens (including phenoxy) is 1. The predicted molar refractivity (Wildman–Crippen MR) is 64.5 cm³/mol. The zero-order valence-corrected chi connectivity index (χ0v) is 10.6. The van der Waals surface area contributed by atoms with Gasteiger partial charge in [0.1, 0.15) is 0 Å². The Hall–Kier alpha value is -0.610. The number of hydrogen-bond acceptors (Lipinski definition) is 3. The third kappa shape index (κ3) is 2.63. The van der Waals surface area contributed by atoms with Gasteiger partial charge in [0.15, 0.2) is 0 Å². The first-order chi connectivity index (χ1) is 8.16. The number of carbonyl (C=O) groups is 1. The summed E-state index contributed by atoms with van der Waals surface area (Å²) in [6.07, 6.45) is 6.00. The average molecular weight is 241 g/mol. The van der Waals surface area contributed by atoms with E-state index in [9.17, 15) is 9.90 Å². The lowest BCUT2D eigenvalue weighted by atomic mass is 9.66. The second-order valence-electron chi connectivity index (χ2n) is 5.72. The Bertz CT molecular complexity index is 282. The van der Waals surface area contributed by atoms with Crippen LogP contribution in [0.5, 0.6) is 0 Å². The first-order valence-corrected chi connectivity index (χ1v) is 6.55. The third-order valence-corrected chi connectivity index (χ3v) is 4.49. The second-order valence-corrected chi connectivity index (χ2v) is 5.72. The Labute approximate surface area is 103 Å². The number of aliphatic hydroxyl groups is 1. The molecule has 0 spiro atoms. The SMILES string of the molecule is COCCC1(C(=O)NCC2(CO)CC2)CCC1. The first-order valence-electron chi connectivity index (χ1n) is 6.55. The van der Waals surface area contributed by atoms with E-state index in [2.05, 4.69) is 5.32 Å². The van der Waals surface area contributed by atoms with Gasteiger partial charge in [-0.05, 0) is 32.1 Å². The zero-order chi connectivity index (χ0) is 12.4. The largest absolute Gasteiger partial charge is 0.396 e. The molecular formula is C13H23NO3. The van der Waals surface area contributed by atoms with Crippen LogP contribution in [-0.4, -0.2) is 37.9 Å². The van der Waals surface area contributed by atoms with Crippen LogP contribution < -0.4 is 5.32 Å². The fourth-order valence-electron chi connectivity index (χ4n) is 2.51. The van der Waals surface area contributed by atoms with E-state index in [1.54, 1.807) is 7.11 Å². The van der Waals surface area contributed by atoms with Gasteiger partial charge in [0.05, 0.1) is 12.0 Å². The number of amides is 1. The fourth-order valence-corrected chi connectivity index (χ4v) is 2.51. The molecule has 0 aromatic carbocycles. The summed E-state index contributed by atoms with van der Waals surface area (Å²) in [6.45, 7) is 1.48. The van der Waals surface area contributed by atoms with Crippen molar-refractivity contribution in [3.8, 4) is 0 Å². The Morgan fingerprint density at radius 2 is 2.06 bits per heavy atom. The van der Waals surface area contributed by atoms with Gasteiger partial charge in [-0.25, -0.2) is 0 Å². The first kappa shape index (κ1) is 12.8. The molecule has 0 heterocycles. The van der Waals surface area contributed by atoms with Gasteiger partial charge in [-0.3, -0.25) is 4.79 Å². The molecule has 0 aliphatic heterocycles. The molecule has 0 atom stereocenters. The van der Waals surface area contributed by atoms with Crippen LogP contribution in [0, 0.1) is 10.8 Å². The van der Waals surface area contributed by atoms with E-state index in [4.69, 9.17) is 4.74 Å². The second kappa shape index (κ2) is 4.94. The van der Waals surface area contributed by atoms with E-state index in [1.165, 1.54) is 0 Å². The third-order valence-electron chi connectivity index (χ3n) is 4.49. The molecule has 2 fully saturated rings. The molecule has 2 aliphatic rings. The minimum Gasteiger partial charge on any atom is -0.396 e. The molecule has 2 N–H and O–H groups in total. The van der Waals surface area contributed by atoms with E-state index in [-0.39, 0.29) is 23.3 Å². The molecule has 0 radical (unpaired) electrons. The highest BCUT2D eigenvalue weighted by Gasteiger charge is 2.46. The fraction of sp³-hybridized carbons (Fsp3) is 0.923. The van der Waals surface area contributed by atoms with Gasteiger partial charge >= 0.3 is 0 Å². The molecule has 0 aromatic rings. The highest BCUT2D eigenvalue weighted by atomic mass is 16.5. The lowest BCUT2D eigenvalue weighted by Crippen LogP contribution is -2.48. The van der Waals surface area contributed by atoms with Gasteiger partial charge < -0.3 is 15.2 Å². The minimum absolute atomic E-state index is 0.00184. The summed E-state index contributed by atoms with van der Waals surface area (Å²) in [5, 5.41) is 12.2. The maximum atomic E-state index is 12.2. The predicted octanol–water partition coefficient (Wildman–Crippen LogP) is 1.08. The molecular weight excluding hydrogens is 218 g/mol. The van der Waals surface area contributed by atoms with Gasteiger partial charge in [-0.2, -0.15) is 0 Å². The molecule has 1 amide bonds. The van der Waals surface area contributed by atoms with Crippen LogP contribution in [-0.2, 0) is 9.53 Å². The lowest BCUT2D eigenvalue weighted by molar-refractivity contribution is -0.137. The zero-order valence-electron chi connectivity index (χ0n) is 10.6.